The van der Waals surface area contributed by atoms with E-state index in [0.29, 0.717) is 0 Å². The summed E-state index contributed by atoms with van der Waals surface area (Å²) < 4.78 is 293. The molecule has 4 radical (unpaired) electrons. The molecule has 0 aromatic rings. The number of fused-ring (bicyclic) bond motifs is 9. The molecular formula is C12H14Al4O35S8. The summed E-state index contributed by atoms with van der Waals surface area (Å²) in [6.07, 6.45) is -27.7. The van der Waals surface area contributed by atoms with Gasteiger partial charge in [0, 0.05) is 0 Å². The molecule has 59 heavy (non-hydrogen) atoms. The van der Waals surface area contributed by atoms with Crippen LogP contribution >= 0.6 is 0 Å². The van der Waals surface area contributed by atoms with Gasteiger partial charge in [-0.2, -0.15) is 67.3 Å². The average molecular weight is 1080 g/mol. The highest BCUT2D eigenvalue weighted by Gasteiger charge is 2.63. The Bertz CT molecular complexity index is 2510. The van der Waals surface area contributed by atoms with Gasteiger partial charge in [0.05, 0.1) is 13.2 Å². The Kier molecular flexibility index (Phi) is 15.1. The third-order valence-electron chi connectivity index (χ3n) is 6.92. The second-order valence-electron chi connectivity index (χ2n) is 10.7. The Morgan fingerprint density at radius 1 is 0.492 bits per heavy atom. The molecule has 0 N–H and O–H groups in total. The average Bonchev–Trinajstić information content (AvgIpc) is 3.15. The molecule has 332 valence electrons. The van der Waals surface area contributed by atoms with E-state index in [0.717, 1.165) is 16.6 Å². The van der Waals surface area contributed by atoms with Crippen LogP contribution in [0.1, 0.15) is 0 Å². The maximum atomic E-state index is 13.0. The molecule has 0 aliphatic carbocycles. The van der Waals surface area contributed by atoms with Gasteiger partial charge >= 0.3 is 147 Å². The molecule has 0 saturated carbocycles. The van der Waals surface area contributed by atoms with E-state index in [4.69, 9.17) is 35.1 Å². The summed E-state index contributed by atoms with van der Waals surface area (Å²) in [6, 6.07) is 0. The Morgan fingerprint density at radius 2 is 0.915 bits per heavy atom. The van der Waals surface area contributed by atoms with Crippen molar-refractivity contribution >= 4 is 147 Å². The van der Waals surface area contributed by atoms with Gasteiger partial charge in [-0.15, -0.1) is 0 Å². The summed E-state index contributed by atoms with van der Waals surface area (Å²) in [5.74, 6) is 0. The van der Waals surface area contributed by atoms with Gasteiger partial charge in [0.15, 0.2) is 18.5 Å². The smallest absolute Gasteiger partial charge is 0.402 e. The van der Waals surface area contributed by atoms with Crippen molar-refractivity contribution < 1.29 is 141 Å². The fourth-order valence-electron chi connectivity index (χ4n) is 4.92. The van der Waals surface area contributed by atoms with Crippen molar-refractivity contribution in [2.75, 3.05) is 13.2 Å². The molecule has 35 nitrogen and oxygen atoms in total. The van der Waals surface area contributed by atoms with Crippen molar-refractivity contribution in [3.8, 4) is 0 Å². The minimum absolute atomic E-state index is 1.16. The normalized spacial score (nSPS) is 40.4. The summed E-state index contributed by atoms with van der Waals surface area (Å²) in [4.78, 5) is 0. The van der Waals surface area contributed by atoms with E-state index in [2.05, 4.69) is 38.4 Å². The lowest BCUT2D eigenvalue weighted by molar-refractivity contribution is -0.340. The molecule has 6 rings (SSSR count). The first kappa shape index (κ1) is 49.4. The molecular weight excluding hydrogens is 1070 g/mol. The number of hydrogen-bond donors (Lipinski definition) is 0. The molecule has 4 bridgehead atoms. The van der Waals surface area contributed by atoms with Gasteiger partial charge in [0.2, 0.25) is 6.29 Å². The molecule has 6 aliphatic heterocycles. The molecule has 6 saturated heterocycles. The predicted octanol–water partition coefficient (Wildman–Crippen LogP) is -8.92. The quantitative estimate of drug-likeness (QED) is 0.237. The summed E-state index contributed by atoms with van der Waals surface area (Å²) in [5.41, 5.74) is 0. The van der Waals surface area contributed by atoms with Crippen LogP contribution in [0.3, 0.4) is 0 Å². The van der Waals surface area contributed by atoms with Crippen molar-refractivity contribution in [1.82, 2.24) is 0 Å². The van der Waals surface area contributed by atoms with Crippen LogP contribution in [0.4, 0.5) is 0 Å². The van der Waals surface area contributed by atoms with Crippen LogP contribution in [0, 0.1) is 0 Å². The number of rotatable bonds is 3. The largest absolute Gasteiger partial charge is 0.956 e. The zero-order chi connectivity index (χ0) is 43.6. The molecule has 6 heterocycles. The van der Waals surface area contributed by atoms with E-state index in [-0.39, 0.29) is 0 Å². The monoisotopic (exact) mass is 1080 g/mol. The molecule has 0 amide bonds. The minimum atomic E-state index is -5.84. The number of ether oxygens (including phenoxy) is 3. The van der Waals surface area contributed by atoms with E-state index in [1.165, 1.54) is 0 Å². The van der Waals surface area contributed by atoms with E-state index in [1.807, 2.05) is 0 Å². The lowest BCUT2D eigenvalue weighted by Crippen LogP contribution is -2.67. The summed E-state index contributed by atoms with van der Waals surface area (Å²) in [5, 5.41) is 0. The van der Waals surface area contributed by atoms with Crippen LogP contribution in [-0.2, 0) is 157 Å². The van der Waals surface area contributed by atoms with Gasteiger partial charge in [0.1, 0.15) is 36.6 Å². The molecule has 0 spiro atoms. The maximum absolute atomic E-state index is 13.0. The van der Waals surface area contributed by atoms with Gasteiger partial charge in [0.25, 0.3) is 0 Å². The molecule has 47 heteroatoms. The zero-order valence-electron chi connectivity index (χ0n) is 27.1. The SMILES string of the molecule is O=S1(=O)OC[C@@H]2O[C@H]3OS(=O)(=O)[O][Al][O]S(=O)(=O)O[C@@H]3[C@@H](OS(=O)(=O)[O][Al])[C@@H]2O[C@@H]2O[C@H](COS(=O)(=O)[O][Al][O]1)[C@@H]1OS(=O)(=O)[O][Al]3[O]S(=O)(=O)O[C@H]1[C@@H]2OS(=O)(=O)[O]3. The minimum Gasteiger partial charge on any atom is -0.402 e. The standard InChI is InChI=1S/C12H22O35S8.4Al/c13-48(14,15)37-1-3-5(7(43-51(22,23)24)10(46-54(31,32)33)12(40-3)47-55(34,35)36)41-11-9(45-53(28,29)30)8(44-52(25,26)27)6(42-50(19,20)21)4(39-11)2-38-49(16,17)18;;;;/h3-12H,1-2H2,(H,13,14,15)(H,16,17,18)(H,19,20,21)(H,22,23,24)(H,25,26,27)(H,28,29,30)(H,31,32,33)(H,34,35,36);;;;/q;+1;2*+2;+3/p-8/t3-,4+,5+,6-,7-,8+,9-,10+,11-,12-;;;;/m0..../s1. The first-order valence-corrected chi connectivity index (χ1v) is 28.5. The highest BCUT2D eigenvalue weighted by molar-refractivity contribution is 7.86. The highest BCUT2D eigenvalue weighted by atomic mass is 32.3. The van der Waals surface area contributed by atoms with Crippen LogP contribution in [0.5, 0.6) is 0 Å². The van der Waals surface area contributed by atoms with Crippen LogP contribution in [0.25, 0.3) is 0 Å². The first-order chi connectivity index (χ1) is 27.0. The number of hydrogen-bond acceptors (Lipinski definition) is 35. The van der Waals surface area contributed by atoms with Gasteiger partial charge in [-0.1, -0.05) is 0 Å². The van der Waals surface area contributed by atoms with Crippen molar-refractivity contribution in [1.29, 1.82) is 0 Å². The van der Waals surface area contributed by atoms with E-state index < -0.39 is 205 Å². The Morgan fingerprint density at radius 3 is 1.44 bits per heavy atom. The highest BCUT2D eigenvalue weighted by Crippen LogP contribution is 2.39. The summed E-state index contributed by atoms with van der Waals surface area (Å²) >= 11 is -9.24. The van der Waals surface area contributed by atoms with E-state index >= 15 is 0 Å². The van der Waals surface area contributed by atoms with Crippen LogP contribution < -0.4 is 0 Å². The Hall–Kier alpha value is 0.970. The van der Waals surface area contributed by atoms with Crippen molar-refractivity contribution in [2.45, 2.75) is 61.4 Å². The van der Waals surface area contributed by atoms with Gasteiger partial charge in [-0.05, 0) is 0 Å². The fourth-order valence-corrected chi connectivity index (χ4v) is 15.8. The third-order valence-corrected chi connectivity index (χ3v) is 21.2. The van der Waals surface area contributed by atoms with Gasteiger partial charge in [-0.3, -0.25) is 0 Å². The predicted molar refractivity (Wildman–Crippen MR) is 163 cm³/mol. The fraction of sp³-hybridized carbons (Fsp3) is 1.00. The van der Waals surface area contributed by atoms with Crippen molar-refractivity contribution in [3.63, 3.8) is 0 Å². The van der Waals surface area contributed by atoms with Crippen molar-refractivity contribution in [2.24, 2.45) is 0 Å². The lowest BCUT2D eigenvalue weighted by atomic mass is 9.97. The molecule has 0 unspecified atom stereocenters. The van der Waals surface area contributed by atoms with E-state index in [9.17, 15) is 67.3 Å². The molecule has 10 atom stereocenters. The molecule has 6 aliphatic rings. The van der Waals surface area contributed by atoms with Gasteiger partial charge < -0.3 is 40.1 Å². The summed E-state index contributed by atoms with van der Waals surface area (Å²) in [7, 11) is -44.8. The lowest BCUT2D eigenvalue weighted by Gasteiger charge is -2.48. The zero-order valence-corrected chi connectivity index (χ0v) is 38.2. The third kappa shape index (κ3) is 13.1. The van der Waals surface area contributed by atoms with Gasteiger partial charge in [-0.25, -0.2) is 33.5 Å². The van der Waals surface area contributed by atoms with Crippen LogP contribution in [0.15, 0.2) is 0 Å². The molecule has 0 aromatic carbocycles. The molecule has 6 fully saturated rings. The Labute approximate surface area is 359 Å². The first-order valence-electron chi connectivity index (χ1n) is 14.1. The van der Waals surface area contributed by atoms with E-state index in [1.54, 1.807) is 0 Å². The van der Waals surface area contributed by atoms with Crippen LogP contribution in [0.2, 0.25) is 0 Å². The maximum Gasteiger partial charge on any atom is 0.956 e. The van der Waals surface area contributed by atoms with Crippen molar-refractivity contribution in [3.05, 3.63) is 0 Å². The Balaban J connectivity index is 1.56. The molecule has 0 aromatic heterocycles. The second-order valence-corrected chi connectivity index (χ2v) is 26.0. The van der Waals surface area contributed by atoms with Crippen LogP contribution in [-0.4, -0.2) is 206 Å². The summed E-state index contributed by atoms with van der Waals surface area (Å²) in [6.45, 7) is -3.28. The second kappa shape index (κ2) is 18.0. The topological polar surface area (TPSA) is 448 Å².